The predicted molar refractivity (Wildman–Crippen MR) is 153 cm³/mol. The monoisotopic (exact) mass is 550 g/mol. The van der Waals surface area contributed by atoms with Gasteiger partial charge in [0.15, 0.2) is 11.5 Å². The van der Waals surface area contributed by atoms with E-state index in [1.165, 1.54) is 18.3 Å². The van der Waals surface area contributed by atoms with Crippen molar-refractivity contribution in [3.8, 4) is 17.3 Å². The summed E-state index contributed by atoms with van der Waals surface area (Å²) in [4.78, 5) is 29.4. The smallest absolute Gasteiger partial charge is 0.311 e. The topological polar surface area (TPSA) is 113 Å². The normalized spacial score (nSPS) is 11.4. The van der Waals surface area contributed by atoms with Crippen molar-refractivity contribution in [3.63, 3.8) is 0 Å². The van der Waals surface area contributed by atoms with Crippen LogP contribution in [0.3, 0.4) is 0 Å². The van der Waals surface area contributed by atoms with Gasteiger partial charge in [-0.15, -0.1) is 0 Å². The zero-order valence-corrected chi connectivity index (χ0v) is 21.5. The third kappa shape index (κ3) is 4.81. The summed E-state index contributed by atoms with van der Waals surface area (Å²) in [7, 11) is 0. The minimum atomic E-state index is -0.539. The van der Waals surface area contributed by atoms with Gasteiger partial charge >= 0.3 is 5.69 Å². The zero-order valence-electron chi connectivity index (χ0n) is 20.7. The molecule has 0 unspecified atom stereocenters. The maximum Gasteiger partial charge on any atom is 0.311 e. The third-order valence-corrected chi connectivity index (χ3v) is 6.61. The molecule has 6 aromatic rings. The molecular formula is C30H19ClN4O5. The van der Waals surface area contributed by atoms with E-state index in [0.29, 0.717) is 38.4 Å². The molecule has 0 saturated carbocycles. The zero-order chi connectivity index (χ0) is 27.6. The largest absolute Gasteiger partial charge is 0.482 e. The van der Waals surface area contributed by atoms with E-state index >= 15 is 0 Å². The Labute approximate surface area is 231 Å². The Morgan fingerprint density at radius 1 is 1.00 bits per heavy atom. The number of halogens is 1. The molecule has 2 aromatic heterocycles. The molecule has 10 heteroatoms. The number of benzene rings is 4. The molecule has 6 rings (SSSR count). The first-order valence-electron chi connectivity index (χ1n) is 12.2. The van der Waals surface area contributed by atoms with Crippen molar-refractivity contribution in [2.24, 2.45) is 5.10 Å². The fourth-order valence-corrected chi connectivity index (χ4v) is 4.45. The Hall–Kier alpha value is -5.28. The number of para-hydroxylation sites is 2. The Morgan fingerprint density at radius 3 is 2.60 bits per heavy atom. The number of fused-ring (bicyclic) bond motifs is 2. The molecule has 0 aliphatic rings. The summed E-state index contributed by atoms with van der Waals surface area (Å²) in [6, 6.07) is 27.7. The van der Waals surface area contributed by atoms with Crippen molar-refractivity contribution in [2.45, 2.75) is 6.61 Å². The minimum Gasteiger partial charge on any atom is -0.482 e. The van der Waals surface area contributed by atoms with Crippen LogP contribution in [0.25, 0.3) is 33.5 Å². The molecule has 0 aliphatic carbocycles. The molecule has 2 heterocycles. The SMILES string of the molecule is O=c1c2ccccc2nc(-c2cc3ccccc3o2)n1N=Cc1ccc(OCc2ccccc2Cl)c([N+](=O)[O-])c1. The summed E-state index contributed by atoms with van der Waals surface area (Å²) in [6.45, 7) is 0.0625. The fourth-order valence-electron chi connectivity index (χ4n) is 4.26. The number of aromatic nitrogens is 2. The summed E-state index contributed by atoms with van der Waals surface area (Å²) in [5.41, 5.74) is 1.55. The van der Waals surface area contributed by atoms with Gasteiger partial charge in [0.05, 0.1) is 22.0 Å². The van der Waals surface area contributed by atoms with Crippen molar-refractivity contribution in [3.05, 3.63) is 134 Å². The lowest BCUT2D eigenvalue weighted by Crippen LogP contribution is -2.20. The number of ether oxygens (including phenoxy) is 1. The van der Waals surface area contributed by atoms with E-state index in [0.717, 1.165) is 10.1 Å². The van der Waals surface area contributed by atoms with Crippen molar-refractivity contribution in [1.82, 2.24) is 9.66 Å². The Balaban J connectivity index is 1.39. The van der Waals surface area contributed by atoms with Crippen molar-refractivity contribution < 1.29 is 14.1 Å². The van der Waals surface area contributed by atoms with Crippen LogP contribution in [0.5, 0.6) is 5.75 Å². The van der Waals surface area contributed by atoms with Crippen molar-refractivity contribution >= 4 is 45.4 Å². The van der Waals surface area contributed by atoms with Gasteiger partial charge in [-0.2, -0.15) is 9.78 Å². The molecule has 0 spiro atoms. The van der Waals surface area contributed by atoms with E-state index < -0.39 is 10.5 Å². The van der Waals surface area contributed by atoms with E-state index in [-0.39, 0.29) is 23.9 Å². The maximum atomic E-state index is 13.5. The number of nitrogens with zero attached hydrogens (tertiary/aromatic N) is 4. The van der Waals surface area contributed by atoms with Gasteiger partial charge in [0.1, 0.15) is 12.2 Å². The molecule has 4 aromatic carbocycles. The maximum absolute atomic E-state index is 13.5. The van der Waals surface area contributed by atoms with Gasteiger partial charge in [0.2, 0.25) is 5.82 Å². The van der Waals surface area contributed by atoms with E-state index in [2.05, 4.69) is 10.1 Å². The average Bonchev–Trinajstić information content (AvgIpc) is 3.41. The van der Waals surface area contributed by atoms with Gasteiger partial charge in [-0.3, -0.25) is 14.9 Å². The first-order valence-corrected chi connectivity index (χ1v) is 12.6. The lowest BCUT2D eigenvalue weighted by atomic mass is 10.2. The number of rotatable bonds is 7. The van der Waals surface area contributed by atoms with Crippen LogP contribution >= 0.6 is 11.6 Å². The van der Waals surface area contributed by atoms with Crippen LogP contribution < -0.4 is 10.3 Å². The minimum absolute atomic E-state index is 0.0625. The molecule has 40 heavy (non-hydrogen) atoms. The first kappa shape index (κ1) is 25.0. The van der Waals surface area contributed by atoms with Crippen LogP contribution in [0, 0.1) is 10.1 Å². The fraction of sp³-hybridized carbons (Fsp3) is 0.0333. The van der Waals surface area contributed by atoms with E-state index in [1.54, 1.807) is 54.6 Å². The number of hydrogen-bond acceptors (Lipinski definition) is 7. The predicted octanol–water partition coefficient (Wildman–Crippen LogP) is 6.83. The molecule has 9 nitrogen and oxygen atoms in total. The average molecular weight is 551 g/mol. The van der Waals surface area contributed by atoms with Gasteiger partial charge in [-0.25, -0.2) is 4.98 Å². The Kier molecular flexibility index (Phi) is 6.55. The van der Waals surface area contributed by atoms with E-state index in [9.17, 15) is 14.9 Å². The molecule has 0 aliphatic heterocycles. The van der Waals surface area contributed by atoms with Crippen LogP contribution in [0.15, 0.2) is 111 Å². The Morgan fingerprint density at radius 2 is 1.77 bits per heavy atom. The van der Waals surface area contributed by atoms with Gasteiger partial charge in [-0.1, -0.05) is 60.1 Å². The second-order valence-corrected chi connectivity index (χ2v) is 9.23. The highest BCUT2D eigenvalue weighted by atomic mass is 35.5. The molecule has 0 bridgehead atoms. The highest BCUT2D eigenvalue weighted by molar-refractivity contribution is 6.31. The summed E-state index contributed by atoms with van der Waals surface area (Å²) >= 11 is 6.18. The van der Waals surface area contributed by atoms with Gasteiger partial charge in [0, 0.05) is 27.6 Å². The molecule has 0 atom stereocenters. The van der Waals surface area contributed by atoms with Gasteiger partial charge < -0.3 is 9.15 Å². The lowest BCUT2D eigenvalue weighted by Gasteiger charge is -2.09. The molecule has 0 N–H and O–H groups in total. The van der Waals surface area contributed by atoms with Crippen LogP contribution in [-0.2, 0) is 6.61 Å². The molecule has 0 fully saturated rings. The van der Waals surface area contributed by atoms with E-state index in [4.69, 9.17) is 20.8 Å². The van der Waals surface area contributed by atoms with E-state index in [1.807, 2.05) is 30.3 Å². The van der Waals surface area contributed by atoms with Crippen LogP contribution in [-0.4, -0.2) is 20.8 Å². The number of furan rings is 1. The molecule has 0 radical (unpaired) electrons. The second kappa shape index (κ2) is 10.5. The molecule has 0 amide bonds. The van der Waals surface area contributed by atoms with Gasteiger partial charge in [-0.05, 0) is 42.5 Å². The number of nitro groups is 1. The van der Waals surface area contributed by atoms with Crippen LogP contribution in [0.2, 0.25) is 5.02 Å². The molecule has 196 valence electrons. The van der Waals surface area contributed by atoms with Crippen molar-refractivity contribution in [1.29, 1.82) is 0 Å². The molecular weight excluding hydrogens is 532 g/mol. The molecule has 0 saturated heterocycles. The summed E-state index contributed by atoms with van der Waals surface area (Å²) in [6.07, 6.45) is 1.36. The summed E-state index contributed by atoms with van der Waals surface area (Å²) < 4.78 is 12.8. The summed E-state index contributed by atoms with van der Waals surface area (Å²) in [5.74, 6) is 0.635. The Bertz CT molecular complexity index is 1960. The third-order valence-electron chi connectivity index (χ3n) is 6.24. The second-order valence-electron chi connectivity index (χ2n) is 8.83. The van der Waals surface area contributed by atoms with Crippen molar-refractivity contribution in [2.75, 3.05) is 0 Å². The standard InChI is InChI=1S/C30H19ClN4O5/c31-23-10-4-1-8-21(23)18-39-27-14-13-19(15-25(27)35(37)38)17-32-34-29(28-16-20-7-2-6-12-26(20)40-28)33-24-11-5-3-9-22(24)30(34)36/h1-17H,18H2. The quantitative estimate of drug-likeness (QED) is 0.122. The summed E-state index contributed by atoms with van der Waals surface area (Å²) in [5, 5.41) is 17.9. The van der Waals surface area contributed by atoms with Gasteiger partial charge in [0.25, 0.3) is 5.56 Å². The number of nitro benzene ring substituents is 1. The highest BCUT2D eigenvalue weighted by Crippen LogP contribution is 2.30. The lowest BCUT2D eigenvalue weighted by molar-refractivity contribution is -0.385. The highest BCUT2D eigenvalue weighted by Gasteiger charge is 2.18. The van der Waals surface area contributed by atoms with Crippen LogP contribution in [0.1, 0.15) is 11.1 Å². The first-order chi connectivity index (χ1) is 19.5. The number of hydrogen-bond donors (Lipinski definition) is 0. The van der Waals surface area contributed by atoms with Crippen LogP contribution in [0.4, 0.5) is 5.69 Å².